The van der Waals surface area contributed by atoms with Gasteiger partial charge in [0.25, 0.3) is 5.91 Å². The summed E-state index contributed by atoms with van der Waals surface area (Å²) in [6.45, 7) is 5.40. The number of amides is 2. The molecule has 1 unspecified atom stereocenters. The molecule has 1 fully saturated rings. The van der Waals surface area contributed by atoms with E-state index in [4.69, 9.17) is 0 Å². The SMILES string of the molecule is CCN(CC)C1CC(=O)N(c2cccc(O)c2)C1=O. The van der Waals surface area contributed by atoms with Gasteiger partial charge >= 0.3 is 0 Å². The van der Waals surface area contributed by atoms with Gasteiger partial charge in [-0.2, -0.15) is 0 Å². The maximum absolute atomic E-state index is 12.4. The first-order chi connectivity index (χ1) is 9.08. The second kappa shape index (κ2) is 5.40. The molecule has 1 aliphatic heterocycles. The van der Waals surface area contributed by atoms with Crippen LogP contribution in [0.25, 0.3) is 0 Å². The van der Waals surface area contributed by atoms with Crippen molar-refractivity contribution in [3.05, 3.63) is 24.3 Å². The Labute approximate surface area is 112 Å². The smallest absolute Gasteiger partial charge is 0.251 e. The van der Waals surface area contributed by atoms with Crippen molar-refractivity contribution in [1.29, 1.82) is 0 Å². The fourth-order valence-electron chi connectivity index (χ4n) is 2.47. The highest BCUT2D eigenvalue weighted by atomic mass is 16.3. The lowest BCUT2D eigenvalue weighted by atomic mass is 10.2. The maximum Gasteiger partial charge on any atom is 0.251 e. The van der Waals surface area contributed by atoms with Crippen LogP contribution in [0.15, 0.2) is 24.3 Å². The van der Waals surface area contributed by atoms with E-state index in [9.17, 15) is 14.7 Å². The number of aromatic hydroxyl groups is 1. The summed E-state index contributed by atoms with van der Waals surface area (Å²) < 4.78 is 0. The molecule has 0 spiro atoms. The van der Waals surface area contributed by atoms with E-state index < -0.39 is 0 Å². The summed E-state index contributed by atoms with van der Waals surface area (Å²) in [5, 5.41) is 9.45. The van der Waals surface area contributed by atoms with Gasteiger partial charge in [0.05, 0.1) is 18.2 Å². The lowest BCUT2D eigenvalue weighted by molar-refractivity contribution is -0.122. The van der Waals surface area contributed by atoms with Gasteiger partial charge in [0.2, 0.25) is 5.91 Å². The molecule has 1 aliphatic rings. The number of hydrogen-bond donors (Lipinski definition) is 1. The lowest BCUT2D eigenvalue weighted by Crippen LogP contribution is -2.41. The number of anilines is 1. The average molecular weight is 262 g/mol. The topological polar surface area (TPSA) is 60.9 Å². The fraction of sp³-hybridized carbons (Fsp3) is 0.429. The molecule has 0 saturated carbocycles. The lowest BCUT2D eigenvalue weighted by Gasteiger charge is -2.24. The van der Waals surface area contributed by atoms with Gasteiger partial charge in [-0.15, -0.1) is 0 Å². The van der Waals surface area contributed by atoms with Crippen molar-refractivity contribution in [3.8, 4) is 5.75 Å². The van der Waals surface area contributed by atoms with E-state index in [1.54, 1.807) is 12.1 Å². The minimum atomic E-state index is -0.384. The van der Waals surface area contributed by atoms with Crippen molar-refractivity contribution in [2.24, 2.45) is 0 Å². The molecule has 5 nitrogen and oxygen atoms in total. The summed E-state index contributed by atoms with van der Waals surface area (Å²) in [5.41, 5.74) is 0.435. The van der Waals surface area contributed by atoms with Crippen LogP contribution in [0.2, 0.25) is 0 Å². The van der Waals surface area contributed by atoms with Crippen molar-refractivity contribution < 1.29 is 14.7 Å². The maximum atomic E-state index is 12.4. The number of carbonyl (C=O) groups excluding carboxylic acids is 2. The number of rotatable bonds is 4. The predicted molar refractivity (Wildman–Crippen MR) is 71.9 cm³/mol. The average Bonchev–Trinajstić information content (AvgIpc) is 2.67. The number of imide groups is 1. The Morgan fingerprint density at radius 2 is 2.00 bits per heavy atom. The van der Waals surface area contributed by atoms with Gasteiger partial charge < -0.3 is 5.11 Å². The number of likely N-dealkylation sites (N-methyl/N-ethyl adjacent to an activating group) is 1. The molecule has 0 bridgehead atoms. The van der Waals surface area contributed by atoms with E-state index in [2.05, 4.69) is 0 Å². The van der Waals surface area contributed by atoms with Crippen molar-refractivity contribution >= 4 is 17.5 Å². The summed E-state index contributed by atoms with van der Waals surface area (Å²) in [6, 6.07) is 5.83. The fourth-order valence-corrected chi connectivity index (χ4v) is 2.47. The number of phenolic OH excluding ortho intramolecular Hbond substituents is 1. The molecular weight excluding hydrogens is 244 g/mol. The van der Waals surface area contributed by atoms with Gasteiger partial charge in [-0.1, -0.05) is 19.9 Å². The van der Waals surface area contributed by atoms with Crippen LogP contribution in [0.1, 0.15) is 20.3 Å². The van der Waals surface area contributed by atoms with Crippen LogP contribution >= 0.6 is 0 Å². The standard InChI is InChI=1S/C14H18N2O3/c1-3-15(4-2)12-9-13(18)16(14(12)19)10-6-5-7-11(17)8-10/h5-8,12,17H,3-4,9H2,1-2H3. The van der Waals surface area contributed by atoms with Crippen LogP contribution < -0.4 is 4.90 Å². The minimum Gasteiger partial charge on any atom is -0.508 e. The monoisotopic (exact) mass is 262 g/mol. The predicted octanol–water partition coefficient (Wildman–Crippen LogP) is 1.37. The van der Waals surface area contributed by atoms with Crippen LogP contribution in [0.5, 0.6) is 5.75 Å². The second-order valence-corrected chi connectivity index (χ2v) is 4.53. The molecule has 1 aromatic carbocycles. The Hall–Kier alpha value is -1.88. The van der Waals surface area contributed by atoms with Gasteiger partial charge in [0.15, 0.2) is 0 Å². The quantitative estimate of drug-likeness (QED) is 0.832. The van der Waals surface area contributed by atoms with Gasteiger partial charge in [-0.05, 0) is 25.2 Å². The third-order valence-electron chi connectivity index (χ3n) is 3.46. The Kier molecular flexibility index (Phi) is 3.85. The van der Waals surface area contributed by atoms with Crippen LogP contribution in [-0.2, 0) is 9.59 Å². The zero-order valence-corrected chi connectivity index (χ0v) is 11.2. The highest BCUT2D eigenvalue weighted by Gasteiger charge is 2.41. The van der Waals surface area contributed by atoms with Crippen LogP contribution in [0, 0.1) is 0 Å². The molecule has 0 aromatic heterocycles. The summed E-state index contributed by atoms with van der Waals surface area (Å²) in [4.78, 5) is 27.6. The van der Waals surface area contributed by atoms with E-state index in [0.29, 0.717) is 5.69 Å². The molecule has 1 heterocycles. The van der Waals surface area contributed by atoms with Crippen LogP contribution in [0.4, 0.5) is 5.69 Å². The number of phenols is 1. The summed E-state index contributed by atoms with van der Waals surface area (Å²) in [5.74, 6) is -0.379. The largest absolute Gasteiger partial charge is 0.508 e. The molecule has 102 valence electrons. The third-order valence-corrected chi connectivity index (χ3v) is 3.46. The summed E-state index contributed by atoms with van der Waals surface area (Å²) in [7, 11) is 0. The van der Waals surface area contributed by atoms with E-state index >= 15 is 0 Å². The van der Waals surface area contributed by atoms with Crippen molar-refractivity contribution in [2.45, 2.75) is 26.3 Å². The first-order valence-corrected chi connectivity index (χ1v) is 6.48. The van der Waals surface area contributed by atoms with Crippen LogP contribution in [0.3, 0.4) is 0 Å². The zero-order chi connectivity index (χ0) is 14.0. The van der Waals surface area contributed by atoms with Crippen molar-refractivity contribution in [2.75, 3.05) is 18.0 Å². The van der Waals surface area contributed by atoms with Crippen LogP contribution in [-0.4, -0.2) is 41.0 Å². The van der Waals surface area contributed by atoms with Crippen molar-refractivity contribution in [1.82, 2.24) is 4.90 Å². The van der Waals surface area contributed by atoms with E-state index in [1.165, 1.54) is 17.0 Å². The normalized spacial score (nSPS) is 19.5. The molecule has 2 amide bonds. The van der Waals surface area contributed by atoms with E-state index in [-0.39, 0.29) is 30.0 Å². The highest BCUT2D eigenvalue weighted by Crippen LogP contribution is 2.27. The molecule has 5 heteroatoms. The molecule has 0 radical (unpaired) electrons. The van der Waals surface area contributed by atoms with Gasteiger partial charge in [-0.25, -0.2) is 4.90 Å². The molecule has 1 saturated heterocycles. The number of carbonyl (C=O) groups is 2. The van der Waals surface area contributed by atoms with Gasteiger partial charge in [0.1, 0.15) is 5.75 Å². The summed E-state index contributed by atoms with van der Waals surface area (Å²) in [6.07, 6.45) is 0.205. The Morgan fingerprint density at radius 1 is 1.32 bits per heavy atom. The first kappa shape index (κ1) is 13.5. The molecule has 0 aliphatic carbocycles. The molecular formula is C14H18N2O3. The highest BCUT2D eigenvalue weighted by molar-refractivity contribution is 6.22. The molecule has 1 aromatic rings. The summed E-state index contributed by atoms with van der Waals surface area (Å²) >= 11 is 0. The first-order valence-electron chi connectivity index (χ1n) is 6.48. The molecule has 1 atom stereocenters. The number of hydrogen-bond acceptors (Lipinski definition) is 4. The molecule has 2 rings (SSSR count). The van der Waals surface area contributed by atoms with Gasteiger partial charge in [0, 0.05) is 6.07 Å². The third kappa shape index (κ3) is 2.46. The van der Waals surface area contributed by atoms with E-state index in [1.807, 2.05) is 18.7 Å². The molecule has 19 heavy (non-hydrogen) atoms. The zero-order valence-electron chi connectivity index (χ0n) is 11.2. The Bertz CT molecular complexity index is 497. The van der Waals surface area contributed by atoms with E-state index in [0.717, 1.165) is 13.1 Å². The Balaban J connectivity index is 2.28. The Morgan fingerprint density at radius 3 is 2.58 bits per heavy atom. The number of nitrogens with zero attached hydrogens (tertiary/aromatic N) is 2. The number of benzene rings is 1. The van der Waals surface area contributed by atoms with Gasteiger partial charge in [-0.3, -0.25) is 14.5 Å². The minimum absolute atomic E-state index is 0.0457. The molecule has 1 N–H and O–H groups in total. The van der Waals surface area contributed by atoms with Crippen molar-refractivity contribution in [3.63, 3.8) is 0 Å². The second-order valence-electron chi connectivity index (χ2n) is 4.53.